The van der Waals surface area contributed by atoms with Crippen LogP contribution in [0.25, 0.3) is 0 Å². The largest absolute Gasteiger partial charge is 0.374 e. The molecular formula is C15H25N5O4S. The number of aryl methyl sites for hydroxylation is 2. The molecule has 0 bridgehead atoms. The first kappa shape index (κ1) is 18.2. The molecule has 1 aromatic rings. The first-order valence-electron chi connectivity index (χ1n) is 8.36. The fourth-order valence-electron chi connectivity index (χ4n) is 3.22. The Kier molecular flexibility index (Phi) is 5.03. The van der Waals surface area contributed by atoms with Gasteiger partial charge in [-0.15, -0.1) is 0 Å². The molecule has 0 unspecified atom stereocenters. The molecule has 1 N–H and O–H groups in total. The highest BCUT2D eigenvalue weighted by Gasteiger charge is 2.34. The molecule has 2 aliphatic rings. The van der Waals surface area contributed by atoms with E-state index in [1.165, 1.54) is 10.6 Å². The number of morpholine rings is 1. The zero-order valence-corrected chi connectivity index (χ0v) is 15.6. The Bertz CT molecular complexity index is 741. The number of ether oxygens (including phenoxy) is 1. The van der Waals surface area contributed by atoms with E-state index in [1.54, 1.807) is 4.90 Å². The second kappa shape index (κ2) is 6.93. The lowest BCUT2D eigenvalue weighted by atomic mass is 10.1. The van der Waals surface area contributed by atoms with E-state index in [1.807, 2.05) is 24.6 Å². The fourth-order valence-corrected chi connectivity index (χ4v) is 4.06. The van der Waals surface area contributed by atoms with E-state index >= 15 is 0 Å². The monoisotopic (exact) mass is 371 g/mol. The number of hydrogen-bond donors (Lipinski definition) is 1. The van der Waals surface area contributed by atoms with Gasteiger partial charge in [-0.1, -0.05) is 0 Å². The molecule has 3 heterocycles. The van der Waals surface area contributed by atoms with Crippen molar-refractivity contribution in [3.05, 3.63) is 17.5 Å². The summed E-state index contributed by atoms with van der Waals surface area (Å²) in [6, 6.07) is 2.08. The van der Waals surface area contributed by atoms with E-state index in [0.29, 0.717) is 32.8 Å². The van der Waals surface area contributed by atoms with Crippen LogP contribution in [0, 0.1) is 13.8 Å². The van der Waals surface area contributed by atoms with Crippen LogP contribution >= 0.6 is 0 Å². The molecule has 0 aromatic carbocycles. The lowest BCUT2D eigenvalue weighted by Crippen LogP contribution is -2.56. The third kappa shape index (κ3) is 4.13. The van der Waals surface area contributed by atoms with Crippen molar-refractivity contribution in [2.45, 2.75) is 26.0 Å². The van der Waals surface area contributed by atoms with Gasteiger partial charge in [0.15, 0.2) is 0 Å². The Balaban J connectivity index is 1.44. The van der Waals surface area contributed by atoms with E-state index < -0.39 is 10.0 Å². The quantitative estimate of drug-likeness (QED) is 0.786. The number of sulfonamides is 1. The zero-order chi connectivity index (χ0) is 18.2. The second-order valence-electron chi connectivity index (χ2n) is 6.73. The van der Waals surface area contributed by atoms with Crippen molar-refractivity contribution in [2.24, 2.45) is 0 Å². The van der Waals surface area contributed by atoms with Crippen LogP contribution < -0.4 is 5.32 Å². The fraction of sp³-hybridized carbons (Fsp3) is 0.733. The average Bonchev–Trinajstić information content (AvgIpc) is 2.82. The maximum absolute atomic E-state index is 12.2. The van der Waals surface area contributed by atoms with Gasteiger partial charge in [0.2, 0.25) is 10.0 Å². The molecule has 10 heteroatoms. The number of aromatic nitrogens is 2. The van der Waals surface area contributed by atoms with Gasteiger partial charge in [-0.25, -0.2) is 13.2 Å². The van der Waals surface area contributed by atoms with Gasteiger partial charge in [0.05, 0.1) is 30.7 Å². The summed E-state index contributed by atoms with van der Waals surface area (Å²) in [4.78, 5) is 13.9. The van der Waals surface area contributed by atoms with Crippen LogP contribution in [0.3, 0.4) is 0 Å². The maximum atomic E-state index is 12.2. The molecule has 2 saturated heterocycles. The molecule has 140 valence electrons. The SMILES string of the molecule is Cc1cc(C)n(C2CN(C(=O)NC[C@H]3CN(S(C)(=O)=O)CCO3)C2)n1. The van der Waals surface area contributed by atoms with Crippen LogP contribution in [0.15, 0.2) is 6.07 Å². The highest BCUT2D eigenvalue weighted by atomic mass is 32.2. The molecule has 1 aromatic heterocycles. The van der Waals surface area contributed by atoms with Crippen LogP contribution in [0.1, 0.15) is 17.4 Å². The molecule has 25 heavy (non-hydrogen) atoms. The summed E-state index contributed by atoms with van der Waals surface area (Å²) in [6.07, 6.45) is 0.869. The molecular weight excluding hydrogens is 346 g/mol. The minimum Gasteiger partial charge on any atom is -0.374 e. The first-order valence-corrected chi connectivity index (χ1v) is 10.2. The molecule has 1 atom stereocenters. The van der Waals surface area contributed by atoms with Gasteiger partial charge < -0.3 is 15.0 Å². The first-order chi connectivity index (χ1) is 11.7. The van der Waals surface area contributed by atoms with Gasteiger partial charge in [0.1, 0.15) is 0 Å². The minimum absolute atomic E-state index is 0.155. The van der Waals surface area contributed by atoms with Crippen molar-refractivity contribution in [1.82, 2.24) is 24.3 Å². The Labute approximate surface area is 148 Å². The molecule has 2 aliphatic heterocycles. The van der Waals surface area contributed by atoms with Crippen LogP contribution in [-0.4, -0.2) is 85.1 Å². The third-order valence-corrected chi connectivity index (χ3v) is 5.86. The molecule has 0 aliphatic carbocycles. The van der Waals surface area contributed by atoms with Crippen LogP contribution in [0.4, 0.5) is 4.79 Å². The molecule has 3 rings (SSSR count). The standard InChI is InChI=1S/C15H25N5O4S/c1-11-6-12(2)20(17-11)13-8-18(9-13)15(21)16-7-14-10-19(4-5-24-14)25(3,22)23/h6,13-14H,4-5,7-10H2,1-3H3,(H,16,21)/t14-/m0/s1. The lowest BCUT2D eigenvalue weighted by molar-refractivity contribution is 0.000149. The highest BCUT2D eigenvalue weighted by Crippen LogP contribution is 2.22. The van der Waals surface area contributed by atoms with Gasteiger partial charge >= 0.3 is 6.03 Å². The summed E-state index contributed by atoms with van der Waals surface area (Å²) in [5.41, 5.74) is 2.07. The maximum Gasteiger partial charge on any atom is 0.317 e. The lowest BCUT2D eigenvalue weighted by Gasteiger charge is -2.40. The van der Waals surface area contributed by atoms with Crippen molar-refractivity contribution >= 4 is 16.1 Å². The van der Waals surface area contributed by atoms with Crippen molar-refractivity contribution in [3.63, 3.8) is 0 Å². The Morgan fingerprint density at radius 1 is 1.36 bits per heavy atom. The summed E-state index contributed by atoms with van der Waals surface area (Å²) in [6.45, 7) is 6.48. The average molecular weight is 371 g/mol. The smallest absolute Gasteiger partial charge is 0.317 e. The number of rotatable bonds is 4. The summed E-state index contributed by atoms with van der Waals surface area (Å²) < 4.78 is 32.1. The van der Waals surface area contributed by atoms with Crippen molar-refractivity contribution in [1.29, 1.82) is 0 Å². The zero-order valence-electron chi connectivity index (χ0n) is 14.8. The van der Waals surface area contributed by atoms with Crippen molar-refractivity contribution in [2.75, 3.05) is 45.6 Å². The predicted octanol–water partition coefficient (Wildman–Crippen LogP) is -0.273. The van der Waals surface area contributed by atoms with E-state index in [9.17, 15) is 13.2 Å². The number of nitrogens with zero attached hydrogens (tertiary/aromatic N) is 4. The van der Waals surface area contributed by atoms with Crippen LogP contribution in [0.2, 0.25) is 0 Å². The molecule has 0 spiro atoms. The van der Waals surface area contributed by atoms with Gasteiger partial charge in [-0.05, 0) is 19.9 Å². The number of urea groups is 1. The molecule has 2 fully saturated rings. The summed E-state index contributed by atoms with van der Waals surface area (Å²) in [7, 11) is -3.23. The van der Waals surface area contributed by atoms with E-state index in [-0.39, 0.29) is 24.7 Å². The van der Waals surface area contributed by atoms with Crippen molar-refractivity contribution < 1.29 is 17.9 Å². The van der Waals surface area contributed by atoms with Crippen LogP contribution in [0.5, 0.6) is 0 Å². The van der Waals surface area contributed by atoms with Gasteiger partial charge in [0, 0.05) is 38.4 Å². The Morgan fingerprint density at radius 3 is 2.68 bits per heavy atom. The Morgan fingerprint density at radius 2 is 2.08 bits per heavy atom. The topological polar surface area (TPSA) is 96.8 Å². The number of carbonyl (C=O) groups excluding carboxylic acids is 1. The summed E-state index contributed by atoms with van der Waals surface area (Å²) in [5.74, 6) is 0. The second-order valence-corrected chi connectivity index (χ2v) is 8.71. The molecule has 0 radical (unpaired) electrons. The molecule has 0 saturated carbocycles. The minimum atomic E-state index is -3.23. The number of amides is 2. The molecule has 9 nitrogen and oxygen atoms in total. The van der Waals surface area contributed by atoms with E-state index in [4.69, 9.17) is 4.74 Å². The predicted molar refractivity (Wildman–Crippen MR) is 91.9 cm³/mol. The van der Waals surface area contributed by atoms with E-state index in [0.717, 1.165) is 11.4 Å². The number of hydrogen-bond acceptors (Lipinski definition) is 5. The normalized spacial score (nSPS) is 22.7. The number of nitrogens with one attached hydrogen (secondary N) is 1. The number of carbonyl (C=O) groups is 1. The highest BCUT2D eigenvalue weighted by molar-refractivity contribution is 7.88. The summed E-state index contributed by atoms with van der Waals surface area (Å²) >= 11 is 0. The van der Waals surface area contributed by atoms with Gasteiger partial charge in [-0.2, -0.15) is 9.40 Å². The Hall–Kier alpha value is -1.65. The van der Waals surface area contributed by atoms with Gasteiger partial charge in [-0.3, -0.25) is 4.68 Å². The van der Waals surface area contributed by atoms with E-state index in [2.05, 4.69) is 10.4 Å². The molecule has 2 amide bonds. The van der Waals surface area contributed by atoms with Gasteiger partial charge in [0.25, 0.3) is 0 Å². The van der Waals surface area contributed by atoms with Crippen molar-refractivity contribution in [3.8, 4) is 0 Å². The summed E-state index contributed by atoms with van der Waals surface area (Å²) in [5, 5.41) is 7.28. The third-order valence-electron chi connectivity index (χ3n) is 4.59. The van der Waals surface area contributed by atoms with Crippen LogP contribution in [-0.2, 0) is 14.8 Å². The number of likely N-dealkylation sites (tertiary alicyclic amines) is 1.